The van der Waals surface area contributed by atoms with Crippen LogP contribution in [-0.4, -0.2) is 35.3 Å². The molecule has 132 valence electrons. The number of benzene rings is 1. The average Bonchev–Trinajstić information content (AvgIpc) is 2.81. The molecule has 1 aromatic rings. The Labute approximate surface area is 165 Å². The monoisotopic (exact) mass is 471 g/mol. The zero-order valence-electron chi connectivity index (χ0n) is 14.2. The Morgan fingerprint density at radius 2 is 2.08 bits per heavy atom. The van der Waals surface area contributed by atoms with Crippen LogP contribution in [0.3, 0.4) is 0 Å². The Morgan fingerprint density at radius 3 is 2.64 bits per heavy atom. The maximum absolute atomic E-state index is 12.4. The van der Waals surface area contributed by atoms with Gasteiger partial charge in [0.25, 0.3) is 11.1 Å². The van der Waals surface area contributed by atoms with Gasteiger partial charge in [-0.1, -0.05) is 5.92 Å². The molecule has 0 atom stereocenters. The fraction of sp³-hybridized carbons (Fsp3) is 0.333. The number of terminal acetylenes is 1. The molecule has 2 amide bonds. The molecule has 7 heteroatoms. The highest BCUT2D eigenvalue weighted by molar-refractivity contribution is 14.1. The maximum atomic E-state index is 12.4. The topological polar surface area (TPSA) is 55.8 Å². The number of imide groups is 1. The molecule has 0 spiro atoms. The zero-order valence-corrected chi connectivity index (χ0v) is 17.1. The Bertz CT molecular complexity index is 767. The second kappa shape index (κ2) is 8.63. The van der Waals surface area contributed by atoms with Crippen LogP contribution in [0.15, 0.2) is 17.0 Å². The summed E-state index contributed by atoms with van der Waals surface area (Å²) in [5, 5.41) is -0.250. The molecule has 1 heterocycles. The molecular formula is C18H18INO4S. The van der Waals surface area contributed by atoms with Crippen molar-refractivity contribution in [3.8, 4) is 23.8 Å². The lowest BCUT2D eigenvalue weighted by atomic mass is 10.1. The molecule has 1 aliphatic rings. The number of carbonyl (C=O) groups excluding carboxylic acids is 2. The first-order chi connectivity index (χ1) is 11.9. The number of halogens is 1. The van der Waals surface area contributed by atoms with Gasteiger partial charge < -0.3 is 9.47 Å². The summed E-state index contributed by atoms with van der Waals surface area (Å²) in [6, 6.07) is 3.47. The van der Waals surface area contributed by atoms with Crippen LogP contribution < -0.4 is 9.47 Å². The molecule has 2 rings (SSSR count). The van der Waals surface area contributed by atoms with Gasteiger partial charge in [-0.2, -0.15) is 0 Å². The SMILES string of the molecule is C#CCOc1c(I)cc(/C=C2\SC(=O)N(C(C)C)C2=O)cc1OCC. The van der Waals surface area contributed by atoms with E-state index in [1.807, 2.05) is 26.8 Å². The van der Waals surface area contributed by atoms with Crippen molar-refractivity contribution >= 4 is 51.6 Å². The van der Waals surface area contributed by atoms with E-state index in [1.54, 1.807) is 12.1 Å². The van der Waals surface area contributed by atoms with Crippen molar-refractivity contribution in [2.45, 2.75) is 26.8 Å². The molecular weight excluding hydrogens is 453 g/mol. The van der Waals surface area contributed by atoms with E-state index in [2.05, 4.69) is 28.5 Å². The number of hydrogen-bond donors (Lipinski definition) is 0. The van der Waals surface area contributed by atoms with E-state index < -0.39 is 0 Å². The molecule has 0 bridgehead atoms. The van der Waals surface area contributed by atoms with Crippen molar-refractivity contribution in [1.82, 2.24) is 4.90 Å². The summed E-state index contributed by atoms with van der Waals surface area (Å²) < 4.78 is 12.0. The number of ether oxygens (including phenoxy) is 2. The highest BCUT2D eigenvalue weighted by Gasteiger charge is 2.36. The fourth-order valence-corrected chi connectivity index (χ4v) is 4.01. The Morgan fingerprint density at radius 1 is 1.36 bits per heavy atom. The minimum atomic E-state index is -0.273. The van der Waals surface area contributed by atoms with Crippen LogP contribution >= 0.6 is 34.4 Å². The van der Waals surface area contributed by atoms with E-state index in [-0.39, 0.29) is 23.8 Å². The lowest BCUT2D eigenvalue weighted by Crippen LogP contribution is -2.34. The van der Waals surface area contributed by atoms with E-state index >= 15 is 0 Å². The summed E-state index contributed by atoms with van der Waals surface area (Å²) in [4.78, 5) is 26.1. The number of carbonyl (C=O) groups is 2. The first-order valence-corrected chi connectivity index (χ1v) is 9.58. The molecule has 1 saturated heterocycles. The summed E-state index contributed by atoms with van der Waals surface area (Å²) in [5.74, 6) is 3.29. The molecule has 25 heavy (non-hydrogen) atoms. The highest BCUT2D eigenvalue weighted by atomic mass is 127. The summed E-state index contributed by atoms with van der Waals surface area (Å²) in [6.07, 6.45) is 6.95. The summed E-state index contributed by atoms with van der Waals surface area (Å²) in [7, 11) is 0. The standard InChI is InChI=1S/C18H18INO4S/c1-5-7-24-16-13(19)8-12(9-14(16)23-6-2)10-15-17(21)20(11(3)4)18(22)25-15/h1,8-11H,6-7H2,2-4H3/b15-10-. The van der Waals surface area contributed by atoms with Gasteiger partial charge in [0.15, 0.2) is 11.5 Å². The van der Waals surface area contributed by atoms with E-state index in [0.717, 1.165) is 20.9 Å². The number of thioether (sulfide) groups is 1. The van der Waals surface area contributed by atoms with Crippen molar-refractivity contribution in [2.24, 2.45) is 0 Å². The average molecular weight is 471 g/mol. The molecule has 0 aliphatic carbocycles. The Balaban J connectivity index is 2.39. The quantitative estimate of drug-likeness (QED) is 0.355. The maximum Gasteiger partial charge on any atom is 0.293 e. The highest BCUT2D eigenvalue weighted by Crippen LogP contribution is 2.37. The molecule has 1 aliphatic heterocycles. The van der Waals surface area contributed by atoms with Gasteiger partial charge in [-0.3, -0.25) is 14.5 Å². The molecule has 1 aromatic carbocycles. The summed E-state index contributed by atoms with van der Waals surface area (Å²) >= 11 is 3.08. The van der Waals surface area contributed by atoms with Crippen LogP contribution in [0.5, 0.6) is 11.5 Å². The predicted molar refractivity (Wildman–Crippen MR) is 108 cm³/mol. The third-order valence-electron chi connectivity index (χ3n) is 3.27. The van der Waals surface area contributed by atoms with Crippen LogP contribution in [0.1, 0.15) is 26.3 Å². The number of amides is 2. The molecule has 1 fully saturated rings. The first kappa shape index (κ1) is 19.7. The third kappa shape index (κ3) is 4.50. The van der Waals surface area contributed by atoms with Crippen molar-refractivity contribution in [2.75, 3.05) is 13.2 Å². The van der Waals surface area contributed by atoms with Gasteiger partial charge in [-0.25, -0.2) is 0 Å². The van der Waals surface area contributed by atoms with Gasteiger partial charge in [0.1, 0.15) is 6.61 Å². The number of rotatable bonds is 6. The van der Waals surface area contributed by atoms with Gasteiger partial charge >= 0.3 is 0 Å². The van der Waals surface area contributed by atoms with Gasteiger partial charge in [0.05, 0.1) is 15.1 Å². The molecule has 5 nitrogen and oxygen atoms in total. The van der Waals surface area contributed by atoms with E-state index in [4.69, 9.17) is 15.9 Å². The third-order valence-corrected chi connectivity index (χ3v) is 4.95. The fourth-order valence-electron chi connectivity index (χ4n) is 2.26. The lowest BCUT2D eigenvalue weighted by molar-refractivity contribution is -0.123. The minimum Gasteiger partial charge on any atom is -0.490 e. The molecule has 0 aromatic heterocycles. The smallest absolute Gasteiger partial charge is 0.293 e. The van der Waals surface area contributed by atoms with Gasteiger partial charge in [-0.05, 0) is 78.9 Å². The molecule has 0 N–H and O–H groups in total. The van der Waals surface area contributed by atoms with Gasteiger partial charge in [0.2, 0.25) is 0 Å². The largest absolute Gasteiger partial charge is 0.490 e. The zero-order chi connectivity index (χ0) is 18.6. The van der Waals surface area contributed by atoms with E-state index in [0.29, 0.717) is 23.0 Å². The van der Waals surface area contributed by atoms with Gasteiger partial charge in [-0.15, -0.1) is 6.42 Å². The Hall–Kier alpha value is -1.66. The van der Waals surface area contributed by atoms with Crippen molar-refractivity contribution < 1.29 is 19.1 Å². The van der Waals surface area contributed by atoms with Crippen molar-refractivity contribution in [1.29, 1.82) is 0 Å². The van der Waals surface area contributed by atoms with Crippen LogP contribution in [0.2, 0.25) is 0 Å². The van der Waals surface area contributed by atoms with Crippen LogP contribution in [0.25, 0.3) is 6.08 Å². The second-order valence-corrected chi connectivity index (χ2v) is 7.56. The molecule has 0 unspecified atom stereocenters. The summed E-state index contributed by atoms with van der Waals surface area (Å²) in [5.41, 5.74) is 0.759. The lowest BCUT2D eigenvalue weighted by Gasteiger charge is -2.16. The Kier molecular flexibility index (Phi) is 6.79. The normalized spacial score (nSPS) is 15.8. The number of nitrogens with zero attached hydrogens (tertiary/aromatic N) is 1. The molecule has 0 radical (unpaired) electrons. The first-order valence-electron chi connectivity index (χ1n) is 7.68. The van der Waals surface area contributed by atoms with E-state index in [1.165, 1.54) is 4.90 Å². The second-order valence-electron chi connectivity index (χ2n) is 5.40. The van der Waals surface area contributed by atoms with Crippen LogP contribution in [0, 0.1) is 15.9 Å². The van der Waals surface area contributed by atoms with Crippen molar-refractivity contribution in [3.63, 3.8) is 0 Å². The minimum absolute atomic E-state index is 0.142. The number of hydrogen-bond acceptors (Lipinski definition) is 5. The van der Waals surface area contributed by atoms with Crippen molar-refractivity contribution in [3.05, 3.63) is 26.2 Å². The van der Waals surface area contributed by atoms with Gasteiger partial charge in [0, 0.05) is 6.04 Å². The predicted octanol–water partition coefficient (Wildman–Crippen LogP) is 4.15. The summed E-state index contributed by atoms with van der Waals surface area (Å²) in [6.45, 7) is 6.11. The van der Waals surface area contributed by atoms with Crippen LogP contribution in [-0.2, 0) is 4.79 Å². The molecule has 0 saturated carbocycles. The van der Waals surface area contributed by atoms with Crippen LogP contribution in [0.4, 0.5) is 4.79 Å². The van der Waals surface area contributed by atoms with E-state index in [9.17, 15) is 9.59 Å².